The fraction of sp³-hybridized carbons (Fsp3) is 0.727. The minimum atomic E-state index is -0.877. The Balaban J connectivity index is -0.000000185. The van der Waals surface area contributed by atoms with Gasteiger partial charge in [-0.05, 0) is 109 Å². The third kappa shape index (κ3) is 36.5. The molecule has 2 atom stereocenters. The predicted molar refractivity (Wildman–Crippen MR) is 149 cm³/mol. The first kappa shape index (κ1) is 42.3. The molecule has 0 radical (unpaired) electrons. The minimum absolute atomic E-state index is 0.0432. The van der Waals surface area contributed by atoms with Crippen molar-refractivity contribution in [2.45, 2.75) is 79.1 Å². The Morgan fingerprint density at radius 3 is 1.31 bits per heavy atom. The summed E-state index contributed by atoms with van der Waals surface area (Å²) in [5, 5.41) is -1.73. The quantitative estimate of drug-likeness (QED) is 0.0795. The van der Waals surface area contributed by atoms with Gasteiger partial charge in [0.05, 0.1) is 0 Å². The second kappa shape index (κ2) is 28.8. The van der Waals surface area contributed by atoms with Crippen molar-refractivity contribution in [3.8, 4) is 0 Å². The number of halogens is 7. The number of hydrogen-bond acceptors (Lipinski definition) is 6. The van der Waals surface area contributed by atoms with Gasteiger partial charge in [0.15, 0.2) is 0 Å². The third-order valence-electron chi connectivity index (χ3n) is 4.05. The molecule has 0 spiro atoms. The maximum Gasteiger partial charge on any atom is 0.233 e. The fourth-order valence-corrected chi connectivity index (χ4v) is 3.03. The van der Waals surface area contributed by atoms with Crippen LogP contribution in [0.3, 0.4) is 0 Å². The zero-order valence-corrected chi connectivity index (χ0v) is 26.3. The Morgan fingerprint density at radius 1 is 0.657 bits per heavy atom. The average Bonchev–Trinajstić information content (AvgIpc) is 2.74. The van der Waals surface area contributed by atoms with Crippen LogP contribution in [0.5, 0.6) is 0 Å². The second-order valence-corrected chi connectivity index (χ2v) is 10.3. The summed E-state index contributed by atoms with van der Waals surface area (Å²) in [6.07, 6.45) is 5.70. The molecule has 0 aliphatic carbocycles. The largest absolute Gasteiger partial charge is 0.281 e. The van der Waals surface area contributed by atoms with E-state index >= 15 is 0 Å². The van der Waals surface area contributed by atoms with Gasteiger partial charge in [-0.15, -0.1) is 0 Å². The van der Waals surface area contributed by atoms with E-state index in [1.54, 1.807) is 0 Å². The van der Waals surface area contributed by atoms with Crippen molar-refractivity contribution in [1.29, 1.82) is 0 Å². The van der Waals surface area contributed by atoms with E-state index in [1.165, 1.54) is 6.92 Å². The molecule has 2 unspecified atom stereocenters. The number of alkyl halides is 1. The molecule has 0 fully saturated rings. The van der Waals surface area contributed by atoms with Crippen molar-refractivity contribution < 1.29 is 28.8 Å². The monoisotopic (exact) mass is 682 g/mol. The number of unbranched alkanes of at least 4 members (excludes halogenated alkanes) is 1. The van der Waals surface area contributed by atoms with Gasteiger partial charge in [-0.1, -0.05) is 43.1 Å². The first-order valence-corrected chi connectivity index (χ1v) is 14.2. The average molecular weight is 686 g/mol. The van der Waals surface area contributed by atoms with Crippen LogP contribution in [0, 0.1) is 17.8 Å². The highest BCUT2D eigenvalue weighted by atomic mass is 79.9. The normalized spacial score (nSPS) is 11.3. The lowest BCUT2D eigenvalue weighted by Gasteiger charge is -2.06. The Kier molecular flexibility index (Phi) is 34.8. The molecule has 0 aromatic heterocycles. The topological polar surface area (TPSA) is 102 Å². The number of carbonyl (C=O) groups excluding carboxylic acids is 6. The van der Waals surface area contributed by atoms with Crippen LogP contribution >= 0.6 is 85.5 Å². The summed E-state index contributed by atoms with van der Waals surface area (Å²) in [5.41, 5.74) is 0. The van der Waals surface area contributed by atoms with E-state index in [9.17, 15) is 28.8 Å². The zero-order valence-electron chi connectivity index (χ0n) is 20.2. The first-order chi connectivity index (χ1) is 16.1. The molecule has 0 heterocycles. The fourth-order valence-electron chi connectivity index (χ4n) is 1.76. The van der Waals surface area contributed by atoms with Crippen LogP contribution in [-0.2, 0) is 28.8 Å². The summed E-state index contributed by atoms with van der Waals surface area (Å²) in [7, 11) is 0. The molecule has 0 bridgehead atoms. The molecule has 13 heteroatoms. The second-order valence-electron chi connectivity index (χ2n) is 7.13. The molecule has 0 aromatic carbocycles. The van der Waals surface area contributed by atoms with E-state index in [0.717, 1.165) is 31.0 Å². The maximum atomic E-state index is 10.6. The molecule has 0 aliphatic rings. The van der Waals surface area contributed by atoms with E-state index < -0.39 is 21.6 Å². The standard InChI is InChI=1S/C7H10Cl2O2.C6H11ClO.C5H8BrClO.C4H4Cl2O2/c1-2-5(7(9)11)3-4-6(8)10;1-3-4-5(2)6(7)8;6-4-2-1-3-5(7)8;1-2(3(5)7)4(6)8/h5H,2-4H2,1H3;5H,3-4H2,1-2H3;1-4H2;2H,1H3. The Bertz CT molecular complexity index is 634. The number of rotatable bonds is 14. The van der Waals surface area contributed by atoms with E-state index in [1.807, 2.05) is 20.8 Å². The summed E-state index contributed by atoms with van der Waals surface area (Å²) >= 11 is 33.6. The molecule has 0 saturated heterocycles. The third-order valence-corrected chi connectivity index (χ3v) is 6.32. The lowest BCUT2D eigenvalue weighted by Crippen LogP contribution is -2.10. The molecule has 206 valence electrons. The van der Waals surface area contributed by atoms with Crippen LogP contribution in [0.15, 0.2) is 0 Å². The zero-order chi connectivity index (χ0) is 28.6. The van der Waals surface area contributed by atoms with Crippen molar-refractivity contribution in [2.24, 2.45) is 17.8 Å². The Morgan fingerprint density at radius 2 is 1.11 bits per heavy atom. The van der Waals surface area contributed by atoms with Crippen molar-refractivity contribution in [3.63, 3.8) is 0 Å². The molecule has 0 aromatic rings. The highest BCUT2D eigenvalue weighted by Crippen LogP contribution is 2.15. The number of carbonyl (C=O) groups is 6. The van der Waals surface area contributed by atoms with Gasteiger partial charge in [-0.3, -0.25) is 28.8 Å². The van der Waals surface area contributed by atoms with Crippen LogP contribution in [0.25, 0.3) is 0 Å². The summed E-state index contributed by atoms with van der Waals surface area (Å²) in [5.74, 6) is -1.06. The van der Waals surface area contributed by atoms with Gasteiger partial charge in [-0.2, -0.15) is 0 Å². The lowest BCUT2D eigenvalue weighted by atomic mass is 10.0. The predicted octanol–water partition coefficient (Wildman–Crippen LogP) is 7.98. The van der Waals surface area contributed by atoms with Crippen molar-refractivity contribution in [3.05, 3.63) is 0 Å². The first-order valence-electron chi connectivity index (χ1n) is 10.8. The Hall–Kier alpha value is 0.240. The van der Waals surface area contributed by atoms with E-state index in [-0.39, 0.29) is 34.0 Å². The summed E-state index contributed by atoms with van der Waals surface area (Å²) in [6, 6.07) is 0. The molecule has 0 amide bonds. The smallest absolute Gasteiger partial charge is 0.233 e. The van der Waals surface area contributed by atoms with Gasteiger partial charge >= 0.3 is 0 Å². The molecular weight excluding hydrogens is 653 g/mol. The van der Waals surface area contributed by atoms with Gasteiger partial charge in [0.25, 0.3) is 0 Å². The van der Waals surface area contributed by atoms with Crippen LogP contribution in [-0.4, -0.2) is 36.8 Å². The van der Waals surface area contributed by atoms with Gasteiger partial charge in [0, 0.05) is 30.0 Å². The van der Waals surface area contributed by atoms with Crippen molar-refractivity contribution in [2.75, 3.05) is 5.33 Å². The molecule has 0 N–H and O–H groups in total. The molecule has 6 nitrogen and oxygen atoms in total. The van der Waals surface area contributed by atoms with Gasteiger partial charge in [0.2, 0.25) is 31.5 Å². The maximum absolute atomic E-state index is 10.6. The van der Waals surface area contributed by atoms with Crippen molar-refractivity contribution in [1.82, 2.24) is 0 Å². The molecule has 0 rings (SSSR count). The minimum Gasteiger partial charge on any atom is -0.281 e. The van der Waals surface area contributed by atoms with Gasteiger partial charge in [0.1, 0.15) is 5.92 Å². The summed E-state index contributed by atoms with van der Waals surface area (Å²) in [6.45, 7) is 7.09. The van der Waals surface area contributed by atoms with Crippen LogP contribution < -0.4 is 0 Å². The van der Waals surface area contributed by atoms with E-state index in [4.69, 9.17) is 69.6 Å². The van der Waals surface area contributed by atoms with Crippen LogP contribution in [0.1, 0.15) is 79.1 Å². The van der Waals surface area contributed by atoms with Crippen LogP contribution in [0.4, 0.5) is 0 Å². The van der Waals surface area contributed by atoms with Crippen LogP contribution in [0.2, 0.25) is 0 Å². The lowest BCUT2D eigenvalue weighted by molar-refractivity contribution is -0.123. The highest BCUT2D eigenvalue weighted by Gasteiger charge is 2.16. The van der Waals surface area contributed by atoms with Gasteiger partial charge in [-0.25, -0.2) is 0 Å². The van der Waals surface area contributed by atoms with E-state index in [0.29, 0.717) is 19.3 Å². The molecule has 35 heavy (non-hydrogen) atoms. The van der Waals surface area contributed by atoms with E-state index in [2.05, 4.69) is 15.9 Å². The Labute approximate surface area is 246 Å². The summed E-state index contributed by atoms with van der Waals surface area (Å²) < 4.78 is 0. The van der Waals surface area contributed by atoms with Crippen molar-refractivity contribution >= 4 is 117 Å². The molecular formula is C22H33BrCl6O6. The molecule has 0 saturated carbocycles. The molecule has 0 aliphatic heterocycles. The highest BCUT2D eigenvalue weighted by molar-refractivity contribution is 9.09. The summed E-state index contributed by atoms with van der Waals surface area (Å²) in [4.78, 5) is 61.4. The SMILES string of the molecule is CC(C(=O)Cl)C(=O)Cl.CCC(CCC(=O)Cl)C(=O)Cl.CCCC(C)C(=O)Cl.O=C(Cl)CCCCBr. The number of hydrogen-bond donors (Lipinski definition) is 0. The van der Waals surface area contributed by atoms with Gasteiger partial charge < -0.3 is 0 Å².